The van der Waals surface area contributed by atoms with E-state index in [0.29, 0.717) is 73.5 Å². The second-order valence-electron chi connectivity index (χ2n) is 11.6. The number of aromatic amines is 1. The molecule has 0 spiro atoms. The van der Waals surface area contributed by atoms with Crippen LogP contribution in [-0.4, -0.2) is 101 Å². The van der Waals surface area contributed by atoms with Crippen molar-refractivity contribution in [3.8, 4) is 28.6 Å². The fourth-order valence-corrected chi connectivity index (χ4v) is 6.05. The lowest BCUT2D eigenvalue weighted by atomic mass is 9.99. The minimum absolute atomic E-state index is 0.151. The van der Waals surface area contributed by atoms with Crippen LogP contribution in [0.4, 0.5) is 0 Å². The van der Waals surface area contributed by atoms with E-state index in [1.807, 2.05) is 54.6 Å². The molecule has 2 atom stereocenters. The minimum atomic E-state index is -0.432. The van der Waals surface area contributed by atoms with E-state index in [4.69, 9.17) is 18.9 Å². The highest BCUT2D eigenvalue weighted by Gasteiger charge is 2.35. The van der Waals surface area contributed by atoms with E-state index in [1.165, 1.54) is 0 Å². The summed E-state index contributed by atoms with van der Waals surface area (Å²) in [5.41, 5.74) is 2.95. The molecule has 2 N–H and O–H groups in total. The Morgan fingerprint density at radius 2 is 1.94 bits per heavy atom. The van der Waals surface area contributed by atoms with Crippen molar-refractivity contribution in [2.24, 2.45) is 0 Å². The zero-order valence-corrected chi connectivity index (χ0v) is 26.6. The fraction of sp³-hybridized carbons (Fsp3) is 0.382. The highest BCUT2D eigenvalue weighted by molar-refractivity contribution is 6.00. The summed E-state index contributed by atoms with van der Waals surface area (Å²) in [4.78, 5) is 31.4. The van der Waals surface area contributed by atoms with Crippen molar-refractivity contribution in [2.45, 2.75) is 38.1 Å². The lowest BCUT2D eigenvalue weighted by molar-refractivity contribution is -0.125. The lowest BCUT2D eigenvalue weighted by Gasteiger charge is -2.39. The molecule has 3 aromatic carbocycles. The summed E-state index contributed by atoms with van der Waals surface area (Å²) in [6.45, 7) is 2.94. The molecule has 2 aliphatic rings. The van der Waals surface area contributed by atoms with Crippen molar-refractivity contribution in [2.75, 3.05) is 47.0 Å². The highest BCUT2D eigenvalue weighted by atomic mass is 16.5. The predicted molar refractivity (Wildman–Crippen MR) is 172 cm³/mol. The van der Waals surface area contributed by atoms with Gasteiger partial charge in [0, 0.05) is 45.5 Å². The van der Waals surface area contributed by atoms with Crippen LogP contribution in [0.1, 0.15) is 34.3 Å². The fourth-order valence-electron chi connectivity index (χ4n) is 6.05. The van der Waals surface area contributed by atoms with Crippen molar-refractivity contribution in [3.63, 3.8) is 0 Å². The number of likely N-dealkylation sites (tertiary alicyclic amines) is 1. The summed E-state index contributed by atoms with van der Waals surface area (Å²) in [6, 6.07) is 20.3. The van der Waals surface area contributed by atoms with Crippen LogP contribution in [0.5, 0.6) is 17.2 Å². The van der Waals surface area contributed by atoms with Gasteiger partial charge in [0.15, 0.2) is 11.5 Å². The first kappa shape index (κ1) is 32.1. The van der Waals surface area contributed by atoms with Crippen LogP contribution < -0.4 is 14.8 Å². The minimum Gasteiger partial charge on any atom is -0.493 e. The molecule has 1 aromatic heterocycles. The molecule has 4 aromatic rings. The largest absolute Gasteiger partial charge is 0.493 e. The second-order valence-corrected chi connectivity index (χ2v) is 11.6. The predicted octanol–water partition coefficient (Wildman–Crippen LogP) is 3.44. The third-order valence-electron chi connectivity index (χ3n) is 8.34. The zero-order valence-electron chi connectivity index (χ0n) is 26.6. The third kappa shape index (κ3) is 7.94. The maximum atomic E-state index is 13.9. The Kier molecular flexibility index (Phi) is 10.4. The van der Waals surface area contributed by atoms with Gasteiger partial charge < -0.3 is 29.2 Å². The first-order valence-electron chi connectivity index (χ1n) is 15.7. The molecule has 0 saturated carbocycles. The Morgan fingerprint density at radius 3 is 2.77 bits per heavy atom. The zero-order chi connectivity index (χ0) is 32.6. The molecular weight excluding hydrogens is 602 g/mol. The van der Waals surface area contributed by atoms with Crippen LogP contribution in [0.15, 0.2) is 66.7 Å². The van der Waals surface area contributed by atoms with Crippen molar-refractivity contribution in [1.29, 1.82) is 0 Å². The van der Waals surface area contributed by atoms with Gasteiger partial charge in [-0.25, -0.2) is 0 Å². The number of fused-ring (bicyclic) bond motifs is 5. The SMILES string of the molecule is COCCCN1CC(=O)N[C@H]2CN(C(=O)c3ccccc3-c3nn[nH]n3)CC[C@H]2OCc2cccc(c2)Oc2cc(ccc2OC)C1. The van der Waals surface area contributed by atoms with Crippen LogP contribution in [0.2, 0.25) is 0 Å². The van der Waals surface area contributed by atoms with Gasteiger partial charge in [0.1, 0.15) is 5.75 Å². The smallest absolute Gasteiger partial charge is 0.254 e. The Bertz CT molecular complexity index is 1670. The number of nitrogens with zero attached hydrogens (tertiary/aromatic N) is 5. The summed E-state index contributed by atoms with van der Waals surface area (Å²) >= 11 is 0. The van der Waals surface area contributed by atoms with Crippen molar-refractivity contribution >= 4 is 11.8 Å². The number of tetrazole rings is 1. The molecular formula is C34H39N7O6. The van der Waals surface area contributed by atoms with Crippen LogP contribution in [0.3, 0.4) is 0 Å². The molecule has 246 valence electrons. The summed E-state index contributed by atoms with van der Waals surface area (Å²) in [5, 5.41) is 17.5. The Balaban J connectivity index is 1.27. The van der Waals surface area contributed by atoms with Crippen LogP contribution in [0, 0.1) is 0 Å². The van der Waals surface area contributed by atoms with Gasteiger partial charge in [-0.3, -0.25) is 14.5 Å². The number of H-pyrrole nitrogens is 1. The first-order valence-corrected chi connectivity index (χ1v) is 15.7. The van der Waals surface area contributed by atoms with E-state index in [1.54, 1.807) is 31.3 Å². The van der Waals surface area contributed by atoms with Crippen LogP contribution in [0.25, 0.3) is 11.4 Å². The normalized spacial score (nSPS) is 18.9. The van der Waals surface area contributed by atoms with E-state index in [9.17, 15) is 9.59 Å². The third-order valence-corrected chi connectivity index (χ3v) is 8.34. The van der Waals surface area contributed by atoms with E-state index < -0.39 is 6.04 Å². The summed E-state index contributed by atoms with van der Waals surface area (Å²) < 4.78 is 23.6. The Labute approximate surface area is 273 Å². The standard InChI is InChI=1S/C34H39N7O6/c1-44-16-6-14-40-19-23-11-12-30(45-2)31(18-23)47-25-8-5-7-24(17-25)22-46-29-13-15-41(20-28(29)35-32(42)21-40)34(43)27-10-4-3-9-26(27)33-36-38-39-37-33/h3-5,7-12,17-18,28-29H,6,13-16,19-22H2,1-2H3,(H,35,42)(H,36,37,38,39)/t28-,29+/m0/s1. The molecule has 47 heavy (non-hydrogen) atoms. The number of carbonyl (C=O) groups excluding carboxylic acids is 2. The number of benzene rings is 3. The number of carbonyl (C=O) groups is 2. The topological polar surface area (TPSA) is 144 Å². The molecule has 1 fully saturated rings. The summed E-state index contributed by atoms with van der Waals surface area (Å²) in [5.74, 6) is 1.89. The maximum Gasteiger partial charge on any atom is 0.254 e. The number of nitrogens with one attached hydrogen (secondary N) is 2. The molecule has 4 bridgehead atoms. The second kappa shape index (κ2) is 15.2. The monoisotopic (exact) mass is 641 g/mol. The number of methoxy groups -OCH3 is 2. The van der Waals surface area contributed by atoms with Crippen LogP contribution >= 0.6 is 0 Å². The molecule has 0 unspecified atom stereocenters. The molecule has 0 aliphatic carbocycles. The van der Waals surface area contributed by atoms with E-state index in [0.717, 1.165) is 17.5 Å². The first-order chi connectivity index (χ1) is 23.0. The molecule has 2 amide bonds. The molecule has 0 radical (unpaired) electrons. The van der Waals surface area contributed by atoms with Gasteiger partial charge in [-0.2, -0.15) is 5.21 Å². The quantitative estimate of drug-likeness (QED) is 0.288. The van der Waals surface area contributed by atoms with E-state index in [2.05, 4.69) is 30.8 Å². The van der Waals surface area contributed by atoms with Gasteiger partial charge in [-0.1, -0.05) is 36.4 Å². The number of ether oxygens (including phenoxy) is 4. The maximum absolute atomic E-state index is 13.9. The average molecular weight is 642 g/mol. The molecule has 2 aliphatic heterocycles. The van der Waals surface area contributed by atoms with Gasteiger partial charge in [0.2, 0.25) is 11.7 Å². The number of aromatic nitrogens is 4. The molecule has 3 heterocycles. The highest BCUT2D eigenvalue weighted by Crippen LogP contribution is 2.33. The number of rotatable bonds is 7. The lowest BCUT2D eigenvalue weighted by Crippen LogP contribution is -2.58. The van der Waals surface area contributed by atoms with E-state index in [-0.39, 0.29) is 31.0 Å². The van der Waals surface area contributed by atoms with E-state index >= 15 is 0 Å². The number of piperidine rings is 1. The number of hydrogen-bond donors (Lipinski definition) is 2. The average Bonchev–Trinajstić information content (AvgIpc) is 3.63. The molecule has 13 heteroatoms. The van der Waals surface area contributed by atoms with Gasteiger partial charge in [0.05, 0.1) is 38.0 Å². The van der Waals surface area contributed by atoms with Gasteiger partial charge in [0.25, 0.3) is 5.91 Å². The Morgan fingerprint density at radius 1 is 1.04 bits per heavy atom. The van der Waals surface area contributed by atoms with Crippen molar-refractivity contribution in [3.05, 3.63) is 83.4 Å². The molecule has 13 nitrogen and oxygen atoms in total. The van der Waals surface area contributed by atoms with Crippen molar-refractivity contribution < 1.29 is 28.5 Å². The summed E-state index contributed by atoms with van der Waals surface area (Å²) in [6.07, 6.45) is 0.979. The molecule has 1 saturated heterocycles. The van der Waals surface area contributed by atoms with Gasteiger partial charge in [-0.05, 0) is 59.5 Å². The molecule has 6 rings (SSSR count). The van der Waals surface area contributed by atoms with Crippen molar-refractivity contribution in [1.82, 2.24) is 35.7 Å². The van der Waals surface area contributed by atoms with Gasteiger partial charge >= 0.3 is 0 Å². The van der Waals surface area contributed by atoms with Crippen LogP contribution in [-0.2, 0) is 27.4 Å². The number of hydrogen-bond acceptors (Lipinski definition) is 10. The Hall–Kier alpha value is -4.85. The summed E-state index contributed by atoms with van der Waals surface area (Å²) in [7, 11) is 3.28. The number of amides is 2. The van der Waals surface area contributed by atoms with Gasteiger partial charge in [-0.15, -0.1) is 10.2 Å².